The van der Waals surface area contributed by atoms with Gasteiger partial charge in [0, 0.05) is 0 Å². The van der Waals surface area contributed by atoms with Crippen LogP contribution >= 0.6 is 12.2 Å². The highest BCUT2D eigenvalue weighted by molar-refractivity contribution is 7.80. The van der Waals surface area contributed by atoms with Crippen LogP contribution in [0.5, 0.6) is 0 Å². The molecule has 0 unspecified atom stereocenters. The van der Waals surface area contributed by atoms with Gasteiger partial charge in [0.25, 0.3) is 5.11 Å². The molecule has 0 spiro atoms. The first-order chi connectivity index (χ1) is 4.70. The van der Waals surface area contributed by atoms with Gasteiger partial charge < -0.3 is 17.7 Å². The lowest BCUT2D eigenvalue weighted by Gasteiger charge is -2.01. The summed E-state index contributed by atoms with van der Waals surface area (Å²) in [5.74, 6) is 0. The molecule has 0 aromatic carbocycles. The lowest BCUT2D eigenvalue weighted by molar-refractivity contribution is -0.463. The zero-order valence-electron chi connectivity index (χ0n) is 6.67. The zero-order chi connectivity index (χ0) is 7.56. The predicted molar refractivity (Wildman–Crippen MR) is 45.5 cm³/mol. The highest BCUT2D eigenvalue weighted by Crippen LogP contribution is 1.91. The molecule has 0 aliphatic carbocycles. The van der Waals surface area contributed by atoms with E-state index in [0.717, 1.165) is 18.2 Å². The van der Waals surface area contributed by atoms with E-state index >= 15 is 0 Å². The van der Waals surface area contributed by atoms with Crippen LogP contribution in [0.15, 0.2) is 0 Å². The number of hydrogen-bond acceptors (Lipinski definition) is 1. The second-order valence-electron chi connectivity index (χ2n) is 2.50. The summed E-state index contributed by atoms with van der Waals surface area (Å²) in [6.45, 7) is 1.94. The average molecular weight is 194 g/mol. The maximum absolute atomic E-state index is 5.02. The van der Waals surface area contributed by atoms with Crippen molar-refractivity contribution in [2.24, 2.45) is 0 Å². The Hall–Kier alpha value is -0.350. The predicted octanol–water partition coefficient (Wildman–Crippen LogP) is -3.52. The minimum atomic E-state index is 0. The van der Waals surface area contributed by atoms with Crippen molar-refractivity contribution in [3.05, 3.63) is 0 Å². The quantitative estimate of drug-likeness (QED) is 0.202. The Labute approximate surface area is 78.5 Å². The Balaban J connectivity index is 0.000001000. The van der Waals surface area contributed by atoms with Gasteiger partial charge in [-0.3, -0.25) is 4.58 Å². The molecule has 64 valence electrons. The van der Waals surface area contributed by atoms with Crippen LogP contribution in [-0.2, 0) is 0 Å². The van der Waals surface area contributed by atoms with E-state index in [1.807, 2.05) is 29.9 Å². The van der Waals surface area contributed by atoms with Gasteiger partial charge in [-0.05, 0) is 12.2 Å². The average Bonchev–Trinajstić information content (AvgIpc) is 2.15. The number of nitrogens with one attached hydrogen (secondary N) is 1. The minimum Gasteiger partial charge on any atom is -1.00 e. The summed E-state index contributed by atoms with van der Waals surface area (Å²) in [6.07, 6.45) is 1.99. The Morgan fingerprint density at radius 2 is 2.27 bits per heavy atom. The van der Waals surface area contributed by atoms with Crippen LogP contribution in [0.2, 0.25) is 0 Å². The van der Waals surface area contributed by atoms with E-state index in [2.05, 4.69) is 5.32 Å². The van der Waals surface area contributed by atoms with Crippen LogP contribution in [0.25, 0.3) is 0 Å². The number of hydrogen-bond donors (Lipinski definition) is 1. The second-order valence-corrected chi connectivity index (χ2v) is 2.89. The van der Waals surface area contributed by atoms with Crippen molar-refractivity contribution in [1.29, 1.82) is 0 Å². The minimum absolute atomic E-state index is 0. The molecular formula is C6H12ClN3S. The maximum atomic E-state index is 5.02. The van der Waals surface area contributed by atoms with Crippen LogP contribution in [0.3, 0.4) is 0 Å². The molecule has 1 heterocycles. The molecular weight excluding hydrogens is 182 g/mol. The van der Waals surface area contributed by atoms with Gasteiger partial charge in [0.1, 0.15) is 6.54 Å². The largest absolute Gasteiger partial charge is 1.00 e. The first-order valence-corrected chi connectivity index (χ1v) is 3.67. The number of rotatable bonds is 1. The molecule has 5 heteroatoms. The van der Waals surface area contributed by atoms with Crippen LogP contribution in [0, 0.1) is 0 Å². The summed E-state index contributed by atoms with van der Waals surface area (Å²) in [4.78, 5) is 2.02. The highest BCUT2D eigenvalue weighted by atomic mass is 35.5. The molecule has 0 bridgehead atoms. The molecule has 0 amide bonds. The first-order valence-electron chi connectivity index (χ1n) is 3.26. The van der Waals surface area contributed by atoms with E-state index in [4.69, 9.17) is 12.2 Å². The fraction of sp³-hybridized carbons (Fsp3) is 0.667. The summed E-state index contributed by atoms with van der Waals surface area (Å²) < 4.78 is 1.99. The van der Waals surface area contributed by atoms with Gasteiger partial charge in [-0.2, -0.15) is 0 Å². The Morgan fingerprint density at radius 1 is 1.64 bits per heavy atom. The fourth-order valence-electron chi connectivity index (χ4n) is 0.875. The molecule has 1 N–H and O–H groups in total. The molecule has 11 heavy (non-hydrogen) atoms. The lowest BCUT2D eigenvalue weighted by atomic mass is 10.6. The van der Waals surface area contributed by atoms with Crippen molar-refractivity contribution in [2.75, 3.05) is 27.2 Å². The highest BCUT2D eigenvalue weighted by Gasteiger charge is 2.20. The third kappa shape index (κ3) is 3.03. The normalized spacial score (nSPS) is 15.5. The van der Waals surface area contributed by atoms with Crippen molar-refractivity contribution in [2.45, 2.75) is 0 Å². The monoisotopic (exact) mass is 193 g/mol. The summed E-state index contributed by atoms with van der Waals surface area (Å²) >= 11 is 5.02. The van der Waals surface area contributed by atoms with E-state index in [9.17, 15) is 0 Å². The van der Waals surface area contributed by atoms with E-state index < -0.39 is 0 Å². The third-order valence-corrected chi connectivity index (χ3v) is 1.64. The molecule has 3 nitrogen and oxygen atoms in total. The van der Waals surface area contributed by atoms with Crippen molar-refractivity contribution in [1.82, 2.24) is 10.2 Å². The van der Waals surface area contributed by atoms with Gasteiger partial charge >= 0.3 is 0 Å². The van der Waals surface area contributed by atoms with Gasteiger partial charge in [-0.25, -0.2) is 4.90 Å². The zero-order valence-corrected chi connectivity index (χ0v) is 8.24. The van der Waals surface area contributed by atoms with E-state index in [1.54, 1.807) is 0 Å². The fourth-order valence-corrected chi connectivity index (χ4v) is 1.12. The molecule has 1 fully saturated rings. The van der Waals surface area contributed by atoms with Crippen molar-refractivity contribution < 1.29 is 17.0 Å². The number of halogens is 1. The van der Waals surface area contributed by atoms with E-state index in [-0.39, 0.29) is 12.4 Å². The summed E-state index contributed by atoms with van der Waals surface area (Å²) in [6, 6.07) is 0. The lowest BCUT2D eigenvalue weighted by Crippen LogP contribution is -3.00. The van der Waals surface area contributed by atoms with Crippen molar-refractivity contribution >= 4 is 23.7 Å². The van der Waals surface area contributed by atoms with Gasteiger partial charge in [0.2, 0.25) is 6.34 Å². The van der Waals surface area contributed by atoms with Crippen LogP contribution in [-0.4, -0.2) is 48.1 Å². The van der Waals surface area contributed by atoms with Gasteiger partial charge in [0.05, 0.1) is 20.6 Å². The van der Waals surface area contributed by atoms with Crippen molar-refractivity contribution in [3.63, 3.8) is 0 Å². The summed E-state index contributed by atoms with van der Waals surface area (Å²) in [5.41, 5.74) is 0. The Kier molecular flexibility index (Phi) is 4.37. The Bertz CT molecular complexity index is 177. The topological polar surface area (TPSA) is 18.3 Å². The molecule has 1 saturated heterocycles. The van der Waals surface area contributed by atoms with Crippen LogP contribution < -0.4 is 17.7 Å². The molecule has 1 rings (SSSR count). The van der Waals surface area contributed by atoms with Crippen molar-refractivity contribution in [3.8, 4) is 0 Å². The first kappa shape index (κ1) is 10.7. The number of thiocarbonyl (C=S) groups is 1. The molecule has 0 aromatic rings. The van der Waals surface area contributed by atoms with E-state index in [0.29, 0.717) is 0 Å². The van der Waals surface area contributed by atoms with Gasteiger partial charge in [-0.1, -0.05) is 0 Å². The SMILES string of the molecule is C[N+](C)=CN1CCNC1=S.[Cl-]. The van der Waals surface area contributed by atoms with Gasteiger partial charge in [-0.15, -0.1) is 0 Å². The molecule has 0 radical (unpaired) electrons. The van der Waals surface area contributed by atoms with Crippen LogP contribution in [0.1, 0.15) is 0 Å². The summed E-state index contributed by atoms with van der Waals surface area (Å²) in [7, 11) is 3.97. The smallest absolute Gasteiger partial charge is 0.262 e. The maximum Gasteiger partial charge on any atom is 0.262 e. The molecule has 0 atom stereocenters. The standard InChI is InChI=1S/C6H11N3S.ClH/c1-8(2)5-9-4-3-7-6(9)10;/h5H,3-4H2,1-2H3;1H. The van der Waals surface area contributed by atoms with Gasteiger partial charge in [0.15, 0.2) is 0 Å². The number of nitrogens with zero attached hydrogens (tertiary/aromatic N) is 2. The molecule has 1 aliphatic rings. The second kappa shape index (κ2) is 4.51. The summed E-state index contributed by atoms with van der Waals surface area (Å²) in [5, 5.41) is 3.90. The van der Waals surface area contributed by atoms with E-state index in [1.165, 1.54) is 0 Å². The molecule has 0 saturated carbocycles. The molecule has 0 aromatic heterocycles. The third-order valence-electron chi connectivity index (χ3n) is 1.26. The Morgan fingerprint density at radius 3 is 2.64 bits per heavy atom. The molecule has 1 aliphatic heterocycles. The van der Waals surface area contributed by atoms with Crippen LogP contribution in [0.4, 0.5) is 0 Å².